The van der Waals surface area contributed by atoms with E-state index in [2.05, 4.69) is 39.9 Å². The number of hydrogen-bond donors (Lipinski definition) is 1. The first-order valence-electron chi connectivity index (χ1n) is 8.13. The summed E-state index contributed by atoms with van der Waals surface area (Å²) in [5.41, 5.74) is 0. The van der Waals surface area contributed by atoms with Crippen LogP contribution in [0.4, 0.5) is 0 Å². The number of hydrogen-bond acceptors (Lipinski definition) is 3. The molecule has 1 fully saturated rings. The van der Waals surface area contributed by atoms with Gasteiger partial charge in [0.05, 0.1) is 18.3 Å². The van der Waals surface area contributed by atoms with Crippen molar-refractivity contribution < 1.29 is 9.53 Å². The fourth-order valence-electron chi connectivity index (χ4n) is 2.65. The van der Waals surface area contributed by atoms with Crippen molar-refractivity contribution >= 4 is 5.91 Å². The Morgan fingerprint density at radius 3 is 2.50 bits per heavy atom. The lowest BCUT2D eigenvalue weighted by molar-refractivity contribution is -0.130. The van der Waals surface area contributed by atoms with E-state index in [1.54, 1.807) is 0 Å². The molecule has 0 saturated carbocycles. The topological polar surface area (TPSA) is 41.6 Å². The second kappa shape index (κ2) is 8.63. The maximum atomic E-state index is 12.3. The van der Waals surface area contributed by atoms with Crippen molar-refractivity contribution in [3.63, 3.8) is 0 Å². The van der Waals surface area contributed by atoms with Crippen molar-refractivity contribution in [2.24, 2.45) is 5.92 Å². The molecule has 0 aromatic carbocycles. The van der Waals surface area contributed by atoms with E-state index in [0.29, 0.717) is 12.0 Å². The van der Waals surface area contributed by atoms with Crippen LogP contribution in [0.15, 0.2) is 0 Å². The van der Waals surface area contributed by atoms with Crippen LogP contribution in [0.3, 0.4) is 0 Å². The zero-order chi connectivity index (χ0) is 15.1. The molecule has 1 aliphatic rings. The number of rotatable bonds is 9. The molecule has 1 heterocycles. The lowest BCUT2D eigenvalue weighted by Crippen LogP contribution is -2.39. The Balaban J connectivity index is 2.40. The first-order valence-corrected chi connectivity index (χ1v) is 8.13. The molecule has 4 heteroatoms. The number of unbranched alkanes of at least 4 members (excludes halogenated alkanes) is 1. The van der Waals surface area contributed by atoms with Crippen LogP contribution >= 0.6 is 0 Å². The van der Waals surface area contributed by atoms with E-state index in [9.17, 15) is 4.79 Å². The third-order valence-electron chi connectivity index (χ3n) is 3.70. The minimum atomic E-state index is 0.0191. The fourth-order valence-corrected chi connectivity index (χ4v) is 2.65. The van der Waals surface area contributed by atoms with Crippen molar-refractivity contribution in [3.05, 3.63) is 0 Å². The van der Waals surface area contributed by atoms with Gasteiger partial charge >= 0.3 is 0 Å². The summed E-state index contributed by atoms with van der Waals surface area (Å²) in [4.78, 5) is 14.4. The molecule has 0 spiro atoms. The molecular formula is C16H32N2O2. The molecule has 1 saturated heterocycles. The van der Waals surface area contributed by atoms with Gasteiger partial charge in [-0.05, 0) is 45.4 Å². The molecule has 118 valence electrons. The molecule has 20 heavy (non-hydrogen) atoms. The average Bonchev–Trinajstić information content (AvgIpc) is 2.65. The molecule has 2 unspecified atom stereocenters. The summed E-state index contributed by atoms with van der Waals surface area (Å²) in [7, 11) is 0. The quantitative estimate of drug-likeness (QED) is 0.662. The summed E-state index contributed by atoms with van der Waals surface area (Å²) < 4.78 is 5.55. The normalized spacial score (nSPS) is 23.4. The summed E-state index contributed by atoms with van der Waals surface area (Å²) in [6.07, 6.45) is 4.46. The Morgan fingerprint density at radius 1 is 1.25 bits per heavy atom. The molecule has 0 bridgehead atoms. The van der Waals surface area contributed by atoms with Gasteiger partial charge in [-0.15, -0.1) is 0 Å². The summed E-state index contributed by atoms with van der Waals surface area (Å²) in [5, 5.41) is 3.48. The molecule has 1 amide bonds. The number of carbonyl (C=O) groups excluding carboxylic acids is 1. The second-order valence-corrected chi connectivity index (χ2v) is 6.43. The van der Waals surface area contributed by atoms with Crippen LogP contribution < -0.4 is 5.32 Å². The van der Waals surface area contributed by atoms with Gasteiger partial charge in [0.2, 0.25) is 5.91 Å². The van der Waals surface area contributed by atoms with E-state index in [0.717, 1.165) is 38.8 Å². The molecule has 2 atom stereocenters. The molecule has 0 aromatic heterocycles. The minimum Gasteiger partial charge on any atom is -0.379 e. The van der Waals surface area contributed by atoms with Gasteiger partial charge in [-0.3, -0.25) is 10.1 Å². The van der Waals surface area contributed by atoms with Crippen LogP contribution in [-0.4, -0.2) is 42.3 Å². The largest absolute Gasteiger partial charge is 0.379 e. The van der Waals surface area contributed by atoms with Crippen LogP contribution in [0.25, 0.3) is 0 Å². The smallest absolute Gasteiger partial charge is 0.241 e. The van der Waals surface area contributed by atoms with E-state index in [-0.39, 0.29) is 18.1 Å². The van der Waals surface area contributed by atoms with E-state index in [4.69, 9.17) is 4.74 Å². The first-order chi connectivity index (χ1) is 9.45. The molecular weight excluding hydrogens is 252 g/mol. The predicted octanol–water partition coefficient (Wildman–Crippen LogP) is 2.77. The molecule has 1 rings (SSSR count). The Bertz CT molecular complexity index is 292. The SMILES string of the molecule is CCC1NC(CC(C)C)N(CCCCOC(C)C)C1=O. The lowest BCUT2D eigenvalue weighted by atomic mass is 10.1. The number of ether oxygens (including phenoxy) is 1. The summed E-state index contributed by atoms with van der Waals surface area (Å²) in [6.45, 7) is 12.2. The zero-order valence-electron chi connectivity index (χ0n) is 13.8. The van der Waals surface area contributed by atoms with Crippen molar-refractivity contribution in [3.8, 4) is 0 Å². The van der Waals surface area contributed by atoms with Gasteiger partial charge < -0.3 is 9.64 Å². The maximum absolute atomic E-state index is 12.3. The number of nitrogens with one attached hydrogen (secondary N) is 1. The van der Waals surface area contributed by atoms with Gasteiger partial charge in [-0.1, -0.05) is 20.8 Å². The highest BCUT2D eigenvalue weighted by Gasteiger charge is 2.37. The minimum absolute atomic E-state index is 0.0191. The molecule has 1 N–H and O–H groups in total. The lowest BCUT2D eigenvalue weighted by Gasteiger charge is -2.25. The second-order valence-electron chi connectivity index (χ2n) is 6.43. The fraction of sp³-hybridized carbons (Fsp3) is 0.938. The Kier molecular flexibility index (Phi) is 7.52. The van der Waals surface area contributed by atoms with Gasteiger partial charge in [-0.25, -0.2) is 0 Å². The Labute approximate surface area is 124 Å². The van der Waals surface area contributed by atoms with Crippen molar-refractivity contribution in [1.82, 2.24) is 10.2 Å². The maximum Gasteiger partial charge on any atom is 0.241 e. The van der Waals surface area contributed by atoms with Crippen LogP contribution in [0.5, 0.6) is 0 Å². The predicted molar refractivity (Wildman–Crippen MR) is 82.5 cm³/mol. The van der Waals surface area contributed by atoms with E-state index >= 15 is 0 Å². The highest BCUT2D eigenvalue weighted by atomic mass is 16.5. The summed E-state index contributed by atoms with van der Waals surface area (Å²) in [5.74, 6) is 0.880. The first kappa shape index (κ1) is 17.4. The zero-order valence-corrected chi connectivity index (χ0v) is 13.8. The Hall–Kier alpha value is -0.610. The van der Waals surface area contributed by atoms with Crippen molar-refractivity contribution in [1.29, 1.82) is 0 Å². The molecule has 0 aliphatic carbocycles. The molecule has 0 aromatic rings. The Morgan fingerprint density at radius 2 is 1.95 bits per heavy atom. The van der Waals surface area contributed by atoms with Crippen LogP contribution in [0.2, 0.25) is 0 Å². The average molecular weight is 284 g/mol. The third kappa shape index (κ3) is 5.41. The number of nitrogens with zero attached hydrogens (tertiary/aromatic N) is 1. The summed E-state index contributed by atoms with van der Waals surface area (Å²) >= 11 is 0. The van der Waals surface area contributed by atoms with Crippen LogP contribution in [-0.2, 0) is 9.53 Å². The van der Waals surface area contributed by atoms with E-state index in [1.807, 2.05) is 4.90 Å². The van der Waals surface area contributed by atoms with Gasteiger partial charge in [0.1, 0.15) is 0 Å². The highest BCUT2D eigenvalue weighted by Crippen LogP contribution is 2.19. The molecule has 4 nitrogen and oxygen atoms in total. The van der Waals surface area contributed by atoms with Crippen molar-refractivity contribution in [2.75, 3.05) is 13.2 Å². The molecule has 1 aliphatic heterocycles. The highest BCUT2D eigenvalue weighted by molar-refractivity contribution is 5.84. The monoisotopic (exact) mass is 284 g/mol. The van der Waals surface area contributed by atoms with Crippen LogP contribution in [0, 0.1) is 5.92 Å². The summed E-state index contributed by atoms with van der Waals surface area (Å²) in [6, 6.07) is 0.0191. The number of amides is 1. The standard InChI is InChI=1S/C16H32N2O2/c1-6-14-16(19)18(15(17-14)11-12(2)3)9-7-8-10-20-13(4)5/h12-15,17H,6-11H2,1-5H3. The van der Waals surface area contributed by atoms with Crippen LogP contribution in [0.1, 0.15) is 60.3 Å². The van der Waals surface area contributed by atoms with Gasteiger partial charge in [0.25, 0.3) is 0 Å². The third-order valence-corrected chi connectivity index (χ3v) is 3.70. The van der Waals surface area contributed by atoms with E-state index < -0.39 is 0 Å². The molecule has 0 radical (unpaired) electrons. The van der Waals surface area contributed by atoms with E-state index in [1.165, 1.54) is 0 Å². The van der Waals surface area contributed by atoms with Gasteiger partial charge in [0, 0.05) is 13.2 Å². The van der Waals surface area contributed by atoms with Crippen molar-refractivity contribution in [2.45, 2.75) is 78.6 Å². The van der Waals surface area contributed by atoms with Gasteiger partial charge in [0.15, 0.2) is 0 Å². The van der Waals surface area contributed by atoms with Gasteiger partial charge in [-0.2, -0.15) is 0 Å². The number of carbonyl (C=O) groups is 1.